The van der Waals surface area contributed by atoms with Crippen molar-refractivity contribution in [2.24, 2.45) is 5.10 Å². The van der Waals surface area contributed by atoms with Crippen molar-refractivity contribution in [1.29, 1.82) is 0 Å². The van der Waals surface area contributed by atoms with Crippen LogP contribution in [0.2, 0.25) is 0 Å². The van der Waals surface area contributed by atoms with Crippen molar-refractivity contribution in [3.63, 3.8) is 0 Å². The third kappa shape index (κ3) is 2.78. The molecule has 0 radical (unpaired) electrons. The van der Waals surface area contributed by atoms with Crippen LogP contribution in [0.3, 0.4) is 0 Å². The van der Waals surface area contributed by atoms with Crippen LogP contribution in [-0.4, -0.2) is 10.7 Å². The normalized spacial score (nSPS) is 20.2. The van der Waals surface area contributed by atoms with Gasteiger partial charge >= 0.3 is 0 Å². The zero-order valence-corrected chi connectivity index (χ0v) is 16.3. The van der Waals surface area contributed by atoms with Gasteiger partial charge in [0.2, 0.25) is 6.23 Å². The highest BCUT2D eigenvalue weighted by atomic mass is 16.5. The zero-order chi connectivity index (χ0) is 19.1. The van der Waals surface area contributed by atoms with Crippen LogP contribution in [0.25, 0.3) is 0 Å². The number of hydrazone groups is 1. The van der Waals surface area contributed by atoms with Crippen LogP contribution < -0.4 is 4.74 Å². The summed E-state index contributed by atoms with van der Waals surface area (Å²) in [6, 6.07) is 25.8. The Hall–Kier alpha value is -3.07. The minimum atomic E-state index is -0.200. The molecule has 2 aliphatic heterocycles. The molecule has 3 aromatic carbocycles. The van der Waals surface area contributed by atoms with Gasteiger partial charge in [-0.25, -0.2) is 5.01 Å². The number of hydrogen-bond acceptors (Lipinski definition) is 3. The molecule has 0 fully saturated rings. The van der Waals surface area contributed by atoms with Gasteiger partial charge in [-0.1, -0.05) is 73.7 Å². The minimum Gasteiger partial charge on any atom is -0.464 e. The van der Waals surface area contributed by atoms with Gasteiger partial charge in [0.25, 0.3) is 0 Å². The molecule has 0 saturated carbocycles. The van der Waals surface area contributed by atoms with E-state index in [2.05, 4.69) is 85.6 Å². The molecule has 0 aliphatic carbocycles. The third-order valence-corrected chi connectivity index (χ3v) is 5.85. The SMILES string of the molecule is CCc1ccc(C2=NN3C(C2)c2ccccc2OC3c2ccccc2C)cc1. The van der Waals surface area contributed by atoms with Gasteiger partial charge in [0.05, 0.1) is 11.8 Å². The highest BCUT2D eigenvalue weighted by molar-refractivity contribution is 6.02. The lowest BCUT2D eigenvalue weighted by atomic mass is 9.95. The Kier molecular flexibility index (Phi) is 4.16. The Morgan fingerprint density at radius 1 is 0.929 bits per heavy atom. The smallest absolute Gasteiger partial charge is 0.214 e. The fraction of sp³-hybridized carbons (Fsp3) is 0.240. The van der Waals surface area contributed by atoms with Gasteiger partial charge in [-0.05, 0) is 36.1 Å². The topological polar surface area (TPSA) is 24.8 Å². The van der Waals surface area contributed by atoms with Crippen molar-refractivity contribution in [2.75, 3.05) is 0 Å². The van der Waals surface area contributed by atoms with Gasteiger partial charge in [0.1, 0.15) is 5.75 Å². The van der Waals surface area contributed by atoms with Gasteiger partial charge < -0.3 is 4.74 Å². The first-order valence-electron chi connectivity index (χ1n) is 10.0. The monoisotopic (exact) mass is 368 g/mol. The first kappa shape index (κ1) is 17.1. The molecule has 3 heteroatoms. The molecule has 2 aliphatic rings. The molecule has 2 unspecified atom stereocenters. The number of benzene rings is 3. The molecule has 3 nitrogen and oxygen atoms in total. The average Bonchev–Trinajstić information content (AvgIpc) is 3.19. The highest BCUT2D eigenvalue weighted by Crippen LogP contribution is 2.47. The molecule has 0 amide bonds. The molecule has 28 heavy (non-hydrogen) atoms. The summed E-state index contributed by atoms with van der Waals surface area (Å²) in [6.45, 7) is 4.32. The number of para-hydroxylation sites is 1. The Labute approximate surface area is 166 Å². The van der Waals surface area contributed by atoms with E-state index in [0.29, 0.717) is 0 Å². The lowest BCUT2D eigenvalue weighted by Crippen LogP contribution is -2.34. The standard InChI is InChI=1S/C25H24N2O/c1-3-18-12-14-19(15-13-18)22-16-23-21-10-6-7-11-24(21)28-25(27(23)26-22)20-9-5-4-8-17(20)2/h4-15,23,25H,3,16H2,1-2H3. The van der Waals surface area contributed by atoms with Crippen molar-refractivity contribution in [3.05, 3.63) is 101 Å². The number of ether oxygens (including phenoxy) is 1. The van der Waals surface area contributed by atoms with Gasteiger partial charge in [-0.15, -0.1) is 0 Å². The maximum Gasteiger partial charge on any atom is 0.214 e. The molecule has 2 atom stereocenters. The summed E-state index contributed by atoms with van der Waals surface area (Å²) in [6.07, 6.45) is 1.75. The summed E-state index contributed by atoms with van der Waals surface area (Å²) in [5.41, 5.74) is 7.30. The first-order valence-corrected chi connectivity index (χ1v) is 10.0. The van der Waals surface area contributed by atoms with E-state index in [-0.39, 0.29) is 12.3 Å². The first-order chi connectivity index (χ1) is 13.7. The number of rotatable bonds is 3. The Balaban J connectivity index is 1.58. The fourth-order valence-electron chi connectivity index (χ4n) is 4.21. The predicted molar refractivity (Wildman–Crippen MR) is 113 cm³/mol. The molecule has 0 saturated heterocycles. The zero-order valence-electron chi connectivity index (χ0n) is 16.3. The Morgan fingerprint density at radius 2 is 1.64 bits per heavy atom. The summed E-state index contributed by atoms with van der Waals surface area (Å²) in [4.78, 5) is 0. The van der Waals surface area contributed by atoms with E-state index in [1.54, 1.807) is 0 Å². The molecule has 0 N–H and O–H groups in total. The van der Waals surface area contributed by atoms with Crippen LogP contribution in [0, 0.1) is 6.92 Å². The summed E-state index contributed by atoms with van der Waals surface area (Å²) in [7, 11) is 0. The molecular formula is C25H24N2O. The van der Waals surface area contributed by atoms with E-state index in [0.717, 1.165) is 24.3 Å². The maximum atomic E-state index is 6.45. The molecule has 0 aromatic heterocycles. The fourth-order valence-corrected chi connectivity index (χ4v) is 4.21. The predicted octanol–water partition coefficient (Wildman–Crippen LogP) is 5.80. The van der Waals surface area contributed by atoms with Gasteiger partial charge in [0, 0.05) is 17.5 Å². The molecule has 3 aromatic rings. The van der Waals surface area contributed by atoms with Crippen molar-refractivity contribution < 1.29 is 4.74 Å². The van der Waals surface area contributed by atoms with Crippen molar-refractivity contribution in [2.45, 2.75) is 39.0 Å². The summed E-state index contributed by atoms with van der Waals surface area (Å²) in [5, 5.41) is 7.22. The van der Waals surface area contributed by atoms with E-state index in [9.17, 15) is 0 Å². The van der Waals surface area contributed by atoms with Crippen molar-refractivity contribution >= 4 is 5.71 Å². The van der Waals surface area contributed by atoms with Crippen LogP contribution in [0.15, 0.2) is 77.9 Å². The van der Waals surface area contributed by atoms with E-state index in [4.69, 9.17) is 9.84 Å². The third-order valence-electron chi connectivity index (χ3n) is 5.85. The van der Waals surface area contributed by atoms with Crippen LogP contribution in [0.5, 0.6) is 5.75 Å². The van der Waals surface area contributed by atoms with Crippen LogP contribution in [0.1, 0.15) is 53.4 Å². The number of fused-ring (bicyclic) bond motifs is 3. The molecular weight excluding hydrogens is 344 g/mol. The number of hydrogen-bond donors (Lipinski definition) is 0. The molecule has 140 valence electrons. The quantitative estimate of drug-likeness (QED) is 0.584. The van der Waals surface area contributed by atoms with E-state index in [1.165, 1.54) is 27.8 Å². The Bertz CT molecular complexity index is 1040. The lowest BCUT2D eigenvalue weighted by Gasteiger charge is -2.38. The summed E-state index contributed by atoms with van der Waals surface area (Å²) >= 11 is 0. The van der Waals surface area contributed by atoms with Crippen LogP contribution in [-0.2, 0) is 6.42 Å². The minimum absolute atomic E-state index is 0.200. The molecule has 5 rings (SSSR count). The second-order valence-electron chi connectivity index (χ2n) is 7.56. The second-order valence-corrected chi connectivity index (χ2v) is 7.56. The largest absolute Gasteiger partial charge is 0.464 e. The van der Waals surface area contributed by atoms with Crippen LogP contribution >= 0.6 is 0 Å². The van der Waals surface area contributed by atoms with Gasteiger partial charge in [-0.3, -0.25) is 0 Å². The Morgan fingerprint density at radius 3 is 2.39 bits per heavy atom. The number of aryl methyl sites for hydroxylation is 2. The van der Waals surface area contributed by atoms with E-state index in [1.807, 2.05) is 6.07 Å². The maximum absolute atomic E-state index is 6.45. The molecule has 0 spiro atoms. The highest BCUT2D eigenvalue weighted by Gasteiger charge is 2.41. The van der Waals surface area contributed by atoms with E-state index < -0.39 is 0 Å². The lowest BCUT2D eigenvalue weighted by molar-refractivity contribution is -0.0194. The van der Waals surface area contributed by atoms with Crippen LogP contribution in [0.4, 0.5) is 0 Å². The van der Waals surface area contributed by atoms with Gasteiger partial charge in [-0.2, -0.15) is 5.10 Å². The molecule has 2 heterocycles. The second kappa shape index (κ2) is 6.83. The number of nitrogens with zero attached hydrogens (tertiary/aromatic N) is 2. The summed E-state index contributed by atoms with van der Waals surface area (Å²) < 4.78 is 6.45. The summed E-state index contributed by atoms with van der Waals surface area (Å²) in [5.74, 6) is 0.967. The van der Waals surface area contributed by atoms with Crippen molar-refractivity contribution in [1.82, 2.24) is 5.01 Å². The van der Waals surface area contributed by atoms with Gasteiger partial charge in [0.15, 0.2) is 0 Å². The van der Waals surface area contributed by atoms with Crippen molar-refractivity contribution in [3.8, 4) is 5.75 Å². The average molecular weight is 368 g/mol. The van der Waals surface area contributed by atoms with E-state index >= 15 is 0 Å². The molecule has 0 bridgehead atoms.